The molecular formula is C34H44N6O5S. The minimum atomic E-state index is -3.38. The predicted molar refractivity (Wildman–Crippen MR) is 178 cm³/mol. The first-order chi connectivity index (χ1) is 22.2. The van der Waals surface area contributed by atoms with Gasteiger partial charge in [0.05, 0.1) is 24.7 Å². The summed E-state index contributed by atoms with van der Waals surface area (Å²) in [5.41, 5.74) is 6.73. The average Bonchev–Trinajstić information content (AvgIpc) is 3.45. The molecule has 12 heteroatoms. The van der Waals surface area contributed by atoms with Crippen LogP contribution < -0.4 is 10.1 Å². The van der Waals surface area contributed by atoms with Crippen LogP contribution in [-0.4, -0.2) is 71.2 Å². The van der Waals surface area contributed by atoms with Crippen LogP contribution in [0.15, 0.2) is 53.6 Å². The highest BCUT2D eigenvalue weighted by atomic mass is 32.3. The minimum Gasteiger partial charge on any atom is -0.472 e. The van der Waals surface area contributed by atoms with Crippen LogP contribution in [0.5, 0.6) is 5.88 Å². The molecule has 46 heavy (non-hydrogen) atoms. The summed E-state index contributed by atoms with van der Waals surface area (Å²) in [7, 11) is -3.38. The number of fused-ring (bicyclic) bond motifs is 2. The Bertz CT molecular complexity index is 1700. The summed E-state index contributed by atoms with van der Waals surface area (Å²) < 4.78 is 38.5. The molecule has 2 aliphatic rings. The van der Waals surface area contributed by atoms with Gasteiger partial charge < -0.3 is 14.8 Å². The van der Waals surface area contributed by atoms with E-state index in [2.05, 4.69) is 44.9 Å². The van der Waals surface area contributed by atoms with Gasteiger partial charge in [-0.05, 0) is 86.1 Å². The molecule has 2 unspecified atom stereocenters. The Labute approximate surface area is 271 Å². The predicted octanol–water partition coefficient (Wildman–Crippen LogP) is 5.98. The molecule has 3 atom stereocenters. The molecule has 4 heterocycles. The average molecular weight is 649 g/mol. The van der Waals surface area contributed by atoms with E-state index in [1.807, 2.05) is 38.4 Å². The van der Waals surface area contributed by atoms with E-state index < -0.39 is 10.8 Å². The van der Waals surface area contributed by atoms with E-state index in [9.17, 15) is 13.9 Å². The van der Waals surface area contributed by atoms with Crippen molar-refractivity contribution < 1.29 is 23.4 Å². The van der Waals surface area contributed by atoms with Gasteiger partial charge in [0, 0.05) is 38.2 Å². The molecule has 246 valence electrons. The quantitative estimate of drug-likeness (QED) is 0.200. The molecule has 0 bridgehead atoms. The second kappa shape index (κ2) is 13.7. The van der Waals surface area contributed by atoms with Crippen molar-refractivity contribution in [2.45, 2.75) is 89.4 Å². The molecule has 0 spiro atoms. The Morgan fingerprint density at radius 3 is 2.78 bits per heavy atom. The maximum Gasteiger partial charge on any atom is 0.239 e. The monoisotopic (exact) mass is 648 g/mol. The Morgan fingerprint density at radius 1 is 1.17 bits per heavy atom. The summed E-state index contributed by atoms with van der Waals surface area (Å²) in [6, 6.07) is 13.7. The molecule has 6 rings (SSSR count). The number of carbonyl (C=O) groups is 1. The number of nitrogens with zero attached hydrogens (tertiary/aromatic N) is 5. The zero-order valence-corrected chi connectivity index (χ0v) is 27.8. The molecule has 1 saturated heterocycles. The van der Waals surface area contributed by atoms with E-state index in [1.165, 1.54) is 0 Å². The summed E-state index contributed by atoms with van der Waals surface area (Å²) in [4.78, 5) is 18.2. The number of ether oxygens (including phenoxy) is 2. The van der Waals surface area contributed by atoms with Gasteiger partial charge in [0.25, 0.3) is 0 Å². The normalized spacial score (nSPS) is 21.2. The third-order valence-electron chi connectivity index (χ3n) is 9.23. The molecule has 2 aliphatic heterocycles. The van der Waals surface area contributed by atoms with Crippen molar-refractivity contribution in [3.63, 3.8) is 0 Å². The maximum atomic E-state index is 13.6. The van der Waals surface area contributed by atoms with Gasteiger partial charge in [-0.25, -0.2) is 9.67 Å². The summed E-state index contributed by atoms with van der Waals surface area (Å²) in [5, 5.41) is 12.0. The Hall–Kier alpha value is -3.55. The van der Waals surface area contributed by atoms with Crippen molar-refractivity contribution >= 4 is 27.7 Å². The first-order valence-corrected chi connectivity index (χ1v) is 17.6. The van der Waals surface area contributed by atoms with Crippen molar-refractivity contribution in [2.75, 3.05) is 19.8 Å². The number of aryl methyl sites for hydroxylation is 3. The number of nitrogens with one attached hydrogen (secondary N) is 1. The van der Waals surface area contributed by atoms with Crippen LogP contribution >= 0.6 is 10.8 Å². The Morgan fingerprint density at radius 2 is 2.02 bits per heavy atom. The van der Waals surface area contributed by atoms with Crippen LogP contribution in [0.2, 0.25) is 0 Å². The van der Waals surface area contributed by atoms with Gasteiger partial charge in [-0.2, -0.15) is 4.31 Å². The van der Waals surface area contributed by atoms with Crippen molar-refractivity contribution in [2.24, 2.45) is 0 Å². The molecule has 1 amide bonds. The third-order valence-corrected chi connectivity index (χ3v) is 11.1. The molecule has 2 aromatic carbocycles. The van der Waals surface area contributed by atoms with Gasteiger partial charge in [-0.15, -0.1) is 15.9 Å². The topological polar surface area (TPSA) is 135 Å². The highest BCUT2D eigenvalue weighted by Gasteiger charge is 2.36. The van der Waals surface area contributed by atoms with Gasteiger partial charge in [0.2, 0.25) is 11.8 Å². The Balaban J connectivity index is 1.37. The van der Waals surface area contributed by atoms with Crippen molar-refractivity contribution in [3.05, 3.63) is 76.5 Å². The molecule has 4 aromatic rings. The molecule has 0 aliphatic carbocycles. The lowest BCUT2D eigenvalue weighted by Crippen LogP contribution is -2.41. The van der Waals surface area contributed by atoms with Gasteiger partial charge >= 0.3 is 0 Å². The summed E-state index contributed by atoms with van der Waals surface area (Å²) >= 11 is 0. The minimum absolute atomic E-state index is 0.00264. The smallest absolute Gasteiger partial charge is 0.239 e. The van der Waals surface area contributed by atoms with Crippen molar-refractivity contribution in [1.82, 2.24) is 29.6 Å². The summed E-state index contributed by atoms with van der Waals surface area (Å²) in [5.74, 6) is -0.0307. The van der Waals surface area contributed by atoms with E-state index in [0.29, 0.717) is 31.0 Å². The highest BCUT2D eigenvalue weighted by Crippen LogP contribution is 2.57. The lowest BCUT2D eigenvalue weighted by atomic mass is 9.84. The Kier molecular flexibility index (Phi) is 9.62. The lowest BCUT2D eigenvalue weighted by Gasteiger charge is -2.41. The molecule has 0 radical (unpaired) electrons. The SMILES string of the molecule is CCC1CN(Cc2cc([C@H](CC(=O)NC3CCCOC3)c3ccc4c(nnn4CC)c3C)ccc2C)S(O)(O)c2cccnc2O1. The second-order valence-corrected chi connectivity index (χ2v) is 14.3. The first-order valence-electron chi connectivity index (χ1n) is 16.1. The number of benzene rings is 2. The van der Waals surface area contributed by atoms with Crippen LogP contribution in [0, 0.1) is 13.8 Å². The van der Waals surface area contributed by atoms with Gasteiger partial charge in [-0.1, -0.05) is 36.4 Å². The number of hydrogen-bond acceptors (Lipinski definition) is 9. The summed E-state index contributed by atoms with van der Waals surface area (Å²) in [6.45, 7) is 10.7. The summed E-state index contributed by atoms with van der Waals surface area (Å²) in [6.07, 6.45) is 4.12. The standard InChI is InChI=1S/C34H44N6O5S/c1-5-27-20-39(46(42,43)31-10-7-15-35-34(31)45-27)19-25-17-24(12-11-22(25)3)29(18-32(41)36-26-9-8-16-44-21-26)28-13-14-30-33(23(28)4)37-38-40(30)6-2/h7,10-15,17,26-27,29,42-43H,5-6,8-9,16,18-21H2,1-4H3,(H,36,41)/t26?,27?,29-/m0/s1. The number of carbonyl (C=O) groups excluding carboxylic acids is 1. The third kappa shape index (κ3) is 6.50. The van der Waals surface area contributed by atoms with Gasteiger partial charge in [0.1, 0.15) is 16.5 Å². The molecular weight excluding hydrogens is 604 g/mol. The number of aromatic nitrogens is 4. The van der Waals surface area contributed by atoms with Gasteiger partial charge in [0.15, 0.2) is 0 Å². The first kappa shape index (κ1) is 32.4. The van der Waals surface area contributed by atoms with Crippen molar-refractivity contribution in [1.29, 1.82) is 0 Å². The zero-order chi connectivity index (χ0) is 32.4. The lowest BCUT2D eigenvalue weighted by molar-refractivity contribution is -0.122. The van der Waals surface area contributed by atoms with E-state index in [-0.39, 0.29) is 42.8 Å². The molecule has 2 aromatic heterocycles. The fraction of sp³-hybridized carbons (Fsp3) is 0.471. The molecule has 0 saturated carbocycles. The van der Waals surface area contributed by atoms with E-state index in [0.717, 1.165) is 58.3 Å². The molecule has 11 nitrogen and oxygen atoms in total. The fourth-order valence-electron chi connectivity index (χ4n) is 6.50. The van der Waals surface area contributed by atoms with Crippen LogP contribution in [0.1, 0.15) is 73.3 Å². The fourth-order valence-corrected chi connectivity index (χ4v) is 8.07. The van der Waals surface area contributed by atoms with E-state index in [4.69, 9.17) is 9.47 Å². The van der Waals surface area contributed by atoms with Crippen LogP contribution in [0.3, 0.4) is 0 Å². The van der Waals surface area contributed by atoms with Crippen LogP contribution in [0.25, 0.3) is 11.0 Å². The number of pyridine rings is 1. The zero-order valence-electron chi connectivity index (χ0n) is 27.0. The van der Waals surface area contributed by atoms with Crippen molar-refractivity contribution in [3.8, 4) is 5.88 Å². The molecule has 3 N–H and O–H groups in total. The number of amides is 1. The van der Waals surface area contributed by atoms with Crippen LogP contribution in [0.4, 0.5) is 0 Å². The van der Waals surface area contributed by atoms with E-state index >= 15 is 0 Å². The number of rotatable bonds is 9. The maximum absolute atomic E-state index is 13.6. The highest BCUT2D eigenvalue weighted by molar-refractivity contribution is 8.22. The largest absolute Gasteiger partial charge is 0.472 e. The van der Waals surface area contributed by atoms with Crippen LogP contribution in [-0.2, 0) is 22.6 Å². The number of hydrogen-bond donors (Lipinski definition) is 3. The molecule has 1 fully saturated rings. The second-order valence-electron chi connectivity index (χ2n) is 12.3. The van der Waals surface area contributed by atoms with Gasteiger partial charge in [-0.3, -0.25) is 13.9 Å². The van der Waals surface area contributed by atoms with E-state index in [1.54, 1.807) is 22.6 Å².